The van der Waals surface area contributed by atoms with Gasteiger partial charge in [-0.3, -0.25) is 0 Å². The molecule has 13 heavy (non-hydrogen) atoms. The van der Waals surface area contributed by atoms with Gasteiger partial charge in [0.15, 0.2) is 0 Å². The van der Waals surface area contributed by atoms with Crippen LogP contribution in [0.25, 0.3) is 0 Å². The molecule has 0 aromatic carbocycles. The monoisotopic (exact) mass is 318 g/mol. The Morgan fingerprint density at radius 1 is 0.923 bits per heavy atom. The van der Waals surface area contributed by atoms with Crippen LogP contribution in [0.2, 0.25) is 0 Å². The van der Waals surface area contributed by atoms with Gasteiger partial charge in [0.1, 0.15) is 0 Å². The van der Waals surface area contributed by atoms with Crippen LogP contribution >= 0.6 is 17.0 Å². The maximum atomic E-state index is 5.39. The third kappa shape index (κ3) is 19.3. The van der Waals surface area contributed by atoms with E-state index in [1.807, 2.05) is 0 Å². The first-order chi connectivity index (χ1) is 5.06. The minimum Gasteiger partial charge on any atom is -1.00 e. The molecule has 4 heteroatoms. The lowest BCUT2D eigenvalue weighted by Gasteiger charge is -2.23. The van der Waals surface area contributed by atoms with Crippen LogP contribution in [-0.4, -0.2) is 38.7 Å². The number of nitrogens with two attached hydrogens (primary N) is 1. The number of nitrogens with zero attached hydrogens (tertiary/aromatic N) is 1. The number of unbranched alkanes of at least 4 members (excludes halogenated alkanes) is 3. The molecule has 0 heterocycles. The summed E-state index contributed by atoms with van der Waals surface area (Å²) in [6.07, 6.45) is 5.17. The molecule has 0 amide bonds. The molecule has 0 aliphatic rings. The van der Waals surface area contributed by atoms with Crippen molar-refractivity contribution in [1.82, 2.24) is 0 Å². The van der Waals surface area contributed by atoms with Crippen molar-refractivity contribution in [3.63, 3.8) is 0 Å². The Labute approximate surface area is 104 Å². The predicted octanol–water partition coefficient (Wildman–Crippen LogP) is -1.21. The molecule has 0 aliphatic heterocycles. The lowest BCUT2D eigenvalue weighted by molar-refractivity contribution is -0.870. The van der Waals surface area contributed by atoms with Gasteiger partial charge in [-0.15, -0.1) is 17.0 Å². The topological polar surface area (TPSA) is 26.0 Å². The zero-order chi connectivity index (χ0) is 8.74. The zero-order valence-electron chi connectivity index (χ0n) is 9.05. The van der Waals surface area contributed by atoms with Gasteiger partial charge in [0, 0.05) is 0 Å². The second-order valence-corrected chi connectivity index (χ2v) is 4.22. The van der Waals surface area contributed by atoms with Crippen molar-refractivity contribution < 1.29 is 21.5 Å². The molecule has 0 aromatic heterocycles. The SMILES string of the molecule is Br.C[N+](C)(C)CCCCCCN.[Br-]. The average molecular weight is 320 g/mol. The van der Waals surface area contributed by atoms with E-state index >= 15 is 0 Å². The fourth-order valence-corrected chi connectivity index (χ4v) is 1.08. The largest absolute Gasteiger partial charge is 1.00 e. The van der Waals surface area contributed by atoms with Crippen LogP contribution in [0, 0.1) is 0 Å². The lowest BCUT2D eigenvalue weighted by atomic mass is 10.2. The summed E-state index contributed by atoms with van der Waals surface area (Å²) in [6.45, 7) is 2.13. The zero-order valence-corrected chi connectivity index (χ0v) is 12.4. The molecule has 0 saturated heterocycles. The average Bonchev–Trinajstić information content (AvgIpc) is 1.85. The van der Waals surface area contributed by atoms with E-state index in [1.54, 1.807) is 0 Å². The molecular weight excluding hydrogens is 296 g/mol. The summed E-state index contributed by atoms with van der Waals surface area (Å²) in [4.78, 5) is 0. The maximum Gasteiger partial charge on any atom is 0.0780 e. The van der Waals surface area contributed by atoms with Crippen molar-refractivity contribution in [2.24, 2.45) is 5.73 Å². The van der Waals surface area contributed by atoms with Crippen molar-refractivity contribution in [2.45, 2.75) is 25.7 Å². The van der Waals surface area contributed by atoms with Gasteiger partial charge in [0.05, 0.1) is 27.7 Å². The van der Waals surface area contributed by atoms with Crippen LogP contribution in [0.4, 0.5) is 0 Å². The molecule has 0 bridgehead atoms. The Bertz CT molecular complexity index is 92.1. The molecule has 0 aromatic rings. The van der Waals surface area contributed by atoms with Gasteiger partial charge < -0.3 is 27.2 Å². The quantitative estimate of drug-likeness (QED) is 0.483. The van der Waals surface area contributed by atoms with E-state index in [0.29, 0.717) is 0 Å². The number of rotatable bonds is 6. The fourth-order valence-electron chi connectivity index (χ4n) is 1.08. The Hall–Kier alpha value is 0.880. The summed E-state index contributed by atoms with van der Waals surface area (Å²) >= 11 is 0. The van der Waals surface area contributed by atoms with Crippen LogP contribution < -0.4 is 22.7 Å². The minimum absolute atomic E-state index is 0. The molecular formula is C9H24Br2N2. The normalized spacial score (nSPS) is 10.2. The fraction of sp³-hybridized carbons (Fsp3) is 1.00. The van der Waals surface area contributed by atoms with Crippen LogP contribution in [0.15, 0.2) is 0 Å². The number of hydrogen-bond donors (Lipinski definition) is 1. The second-order valence-electron chi connectivity index (χ2n) is 4.22. The van der Waals surface area contributed by atoms with E-state index in [0.717, 1.165) is 11.0 Å². The van der Waals surface area contributed by atoms with Gasteiger partial charge in [-0.1, -0.05) is 6.42 Å². The van der Waals surface area contributed by atoms with Crippen LogP contribution in [0.1, 0.15) is 25.7 Å². The smallest absolute Gasteiger partial charge is 0.0780 e. The summed E-state index contributed by atoms with van der Waals surface area (Å²) < 4.78 is 1.09. The molecule has 0 unspecified atom stereocenters. The van der Waals surface area contributed by atoms with E-state index < -0.39 is 0 Å². The highest BCUT2D eigenvalue weighted by Crippen LogP contribution is 2.01. The Kier molecular flexibility index (Phi) is 16.4. The Morgan fingerprint density at radius 2 is 1.38 bits per heavy atom. The molecule has 2 N–H and O–H groups in total. The standard InChI is InChI=1S/C9H23N2.2BrH/c1-11(2,3)9-7-5-4-6-8-10;;/h4-10H2,1-3H3;2*1H/q+1;;/p-1. The van der Waals surface area contributed by atoms with Crippen molar-refractivity contribution in [1.29, 1.82) is 0 Å². The summed E-state index contributed by atoms with van der Waals surface area (Å²) in [7, 11) is 6.72. The number of hydrogen-bond acceptors (Lipinski definition) is 1. The Morgan fingerprint density at radius 3 is 1.77 bits per heavy atom. The first kappa shape index (κ1) is 19.5. The highest BCUT2D eigenvalue weighted by atomic mass is 79.9. The molecule has 84 valence electrons. The summed E-state index contributed by atoms with van der Waals surface area (Å²) in [5, 5.41) is 0. The molecule has 0 spiro atoms. The molecule has 0 saturated carbocycles. The van der Waals surface area contributed by atoms with Crippen molar-refractivity contribution >= 4 is 17.0 Å². The van der Waals surface area contributed by atoms with Crippen LogP contribution in [-0.2, 0) is 0 Å². The van der Waals surface area contributed by atoms with Crippen molar-refractivity contribution in [3.05, 3.63) is 0 Å². The van der Waals surface area contributed by atoms with Gasteiger partial charge in [0.2, 0.25) is 0 Å². The number of halogens is 2. The molecule has 2 nitrogen and oxygen atoms in total. The van der Waals surface area contributed by atoms with Crippen molar-refractivity contribution in [2.75, 3.05) is 34.2 Å². The van der Waals surface area contributed by atoms with Gasteiger partial charge in [-0.2, -0.15) is 0 Å². The van der Waals surface area contributed by atoms with Gasteiger partial charge in [-0.25, -0.2) is 0 Å². The summed E-state index contributed by atoms with van der Waals surface area (Å²) in [5.41, 5.74) is 5.39. The van der Waals surface area contributed by atoms with Crippen LogP contribution in [0.5, 0.6) is 0 Å². The third-order valence-electron chi connectivity index (χ3n) is 1.78. The number of quaternary nitrogens is 1. The van der Waals surface area contributed by atoms with Crippen LogP contribution in [0.3, 0.4) is 0 Å². The molecule has 0 aliphatic carbocycles. The van der Waals surface area contributed by atoms with Gasteiger partial charge in [0.25, 0.3) is 0 Å². The maximum absolute atomic E-state index is 5.39. The predicted molar refractivity (Wildman–Crippen MR) is 60.7 cm³/mol. The van der Waals surface area contributed by atoms with E-state index in [2.05, 4.69) is 21.1 Å². The van der Waals surface area contributed by atoms with Gasteiger partial charge >= 0.3 is 0 Å². The summed E-state index contributed by atoms with van der Waals surface area (Å²) in [6, 6.07) is 0. The Balaban J connectivity index is -0.000000500. The first-order valence-corrected chi connectivity index (χ1v) is 4.57. The molecule has 0 rings (SSSR count). The molecule has 0 atom stereocenters. The summed E-state index contributed by atoms with van der Waals surface area (Å²) in [5.74, 6) is 0. The third-order valence-corrected chi connectivity index (χ3v) is 1.78. The van der Waals surface area contributed by atoms with E-state index in [-0.39, 0.29) is 34.0 Å². The lowest BCUT2D eigenvalue weighted by Crippen LogP contribution is -3.00. The highest BCUT2D eigenvalue weighted by molar-refractivity contribution is 8.93. The van der Waals surface area contributed by atoms with Gasteiger partial charge in [-0.05, 0) is 25.8 Å². The first-order valence-electron chi connectivity index (χ1n) is 4.57. The van der Waals surface area contributed by atoms with Crippen molar-refractivity contribution in [3.8, 4) is 0 Å². The molecule has 0 radical (unpaired) electrons. The van der Waals surface area contributed by atoms with E-state index in [9.17, 15) is 0 Å². The minimum atomic E-state index is 0. The van der Waals surface area contributed by atoms with E-state index in [1.165, 1.54) is 32.2 Å². The second kappa shape index (κ2) is 11.0. The molecule has 0 fully saturated rings. The van der Waals surface area contributed by atoms with E-state index in [4.69, 9.17) is 5.73 Å². The highest BCUT2D eigenvalue weighted by Gasteiger charge is 2.04.